The van der Waals surface area contributed by atoms with Gasteiger partial charge in [0, 0.05) is 16.7 Å². The number of rotatable bonds is 6. The summed E-state index contributed by atoms with van der Waals surface area (Å²) in [5.41, 5.74) is 1.09. The van der Waals surface area contributed by atoms with Crippen molar-refractivity contribution in [1.29, 1.82) is 0 Å². The van der Waals surface area contributed by atoms with Gasteiger partial charge in [0.15, 0.2) is 0 Å². The smallest absolute Gasteiger partial charge is 0.230 e. The standard InChI is InChI=1S/C14H21NO2S2/c1-10-6-7-18-14(10)12(16)8-15-13(17)9-19-11-4-2-3-5-11/h6-7,11-12,16H,2-5,8-9H2,1H3,(H,15,17)/t12-/m0/s1. The molecule has 0 unspecified atom stereocenters. The van der Waals surface area contributed by atoms with Gasteiger partial charge in [-0.15, -0.1) is 23.1 Å². The molecule has 1 amide bonds. The first-order valence-corrected chi connectivity index (χ1v) is 8.70. The van der Waals surface area contributed by atoms with Crippen LogP contribution in [-0.2, 0) is 4.79 Å². The third kappa shape index (κ3) is 4.51. The summed E-state index contributed by atoms with van der Waals surface area (Å²) in [5.74, 6) is 0.547. The molecule has 0 aromatic carbocycles. The Morgan fingerprint density at radius 3 is 2.95 bits per heavy atom. The number of carbonyl (C=O) groups is 1. The molecule has 1 aromatic rings. The van der Waals surface area contributed by atoms with Crippen LogP contribution in [0.15, 0.2) is 11.4 Å². The Balaban J connectivity index is 1.67. The molecule has 3 nitrogen and oxygen atoms in total. The maximum atomic E-state index is 11.7. The van der Waals surface area contributed by atoms with Crippen LogP contribution in [0.2, 0.25) is 0 Å². The van der Waals surface area contributed by atoms with Gasteiger partial charge in [-0.05, 0) is 36.8 Å². The lowest BCUT2D eigenvalue weighted by molar-refractivity contribution is -0.119. The van der Waals surface area contributed by atoms with Crippen LogP contribution in [0.25, 0.3) is 0 Å². The first-order chi connectivity index (χ1) is 9.16. The molecule has 0 radical (unpaired) electrons. The average Bonchev–Trinajstić information content (AvgIpc) is 3.04. The fraction of sp³-hybridized carbons (Fsp3) is 0.643. The molecule has 1 heterocycles. The molecule has 1 aromatic heterocycles. The molecular weight excluding hydrogens is 278 g/mol. The maximum absolute atomic E-state index is 11.7. The minimum Gasteiger partial charge on any atom is -0.386 e. The van der Waals surface area contributed by atoms with Crippen molar-refractivity contribution in [1.82, 2.24) is 5.32 Å². The number of hydrogen-bond acceptors (Lipinski definition) is 4. The summed E-state index contributed by atoms with van der Waals surface area (Å²) >= 11 is 3.29. The van der Waals surface area contributed by atoms with E-state index in [2.05, 4.69) is 5.32 Å². The van der Waals surface area contributed by atoms with E-state index in [0.29, 0.717) is 17.5 Å². The molecule has 1 aliphatic rings. The highest BCUT2D eigenvalue weighted by molar-refractivity contribution is 8.00. The van der Waals surface area contributed by atoms with Crippen LogP contribution >= 0.6 is 23.1 Å². The maximum Gasteiger partial charge on any atom is 0.230 e. The summed E-state index contributed by atoms with van der Waals surface area (Å²) < 4.78 is 0. The highest BCUT2D eigenvalue weighted by Crippen LogP contribution is 2.29. The zero-order valence-electron chi connectivity index (χ0n) is 11.2. The lowest BCUT2D eigenvalue weighted by Gasteiger charge is -2.12. The Kier molecular flexibility index (Phi) is 5.73. The zero-order chi connectivity index (χ0) is 13.7. The minimum atomic E-state index is -0.583. The molecule has 0 saturated heterocycles. The summed E-state index contributed by atoms with van der Waals surface area (Å²) in [6, 6.07) is 1.99. The molecule has 2 rings (SSSR count). The molecule has 1 aliphatic carbocycles. The van der Waals surface area contributed by atoms with E-state index >= 15 is 0 Å². The number of aliphatic hydroxyl groups excluding tert-OH is 1. The van der Waals surface area contributed by atoms with Crippen LogP contribution in [0.5, 0.6) is 0 Å². The summed E-state index contributed by atoms with van der Waals surface area (Å²) in [6.45, 7) is 2.29. The number of hydrogen-bond donors (Lipinski definition) is 2. The second kappa shape index (κ2) is 7.31. The SMILES string of the molecule is Cc1ccsc1[C@@H](O)CNC(=O)CSC1CCCC1. The van der Waals surface area contributed by atoms with Gasteiger partial charge in [0.2, 0.25) is 5.91 Å². The summed E-state index contributed by atoms with van der Waals surface area (Å²) in [4.78, 5) is 12.7. The van der Waals surface area contributed by atoms with E-state index in [-0.39, 0.29) is 5.91 Å². The molecule has 0 aliphatic heterocycles. The molecule has 1 fully saturated rings. The van der Waals surface area contributed by atoms with E-state index in [0.717, 1.165) is 10.4 Å². The van der Waals surface area contributed by atoms with Crippen LogP contribution in [0.1, 0.15) is 42.2 Å². The van der Waals surface area contributed by atoms with E-state index in [1.54, 1.807) is 11.8 Å². The van der Waals surface area contributed by atoms with Gasteiger partial charge >= 0.3 is 0 Å². The van der Waals surface area contributed by atoms with Gasteiger partial charge in [0.05, 0.1) is 5.75 Å². The number of thioether (sulfide) groups is 1. The number of nitrogens with one attached hydrogen (secondary N) is 1. The van der Waals surface area contributed by atoms with Crippen LogP contribution in [0.3, 0.4) is 0 Å². The molecule has 5 heteroatoms. The van der Waals surface area contributed by atoms with E-state index in [1.165, 1.54) is 37.0 Å². The second-order valence-corrected chi connectivity index (χ2v) is 7.24. The summed E-state index contributed by atoms with van der Waals surface area (Å²) in [5, 5.41) is 15.5. The van der Waals surface area contributed by atoms with Gasteiger partial charge in [-0.25, -0.2) is 0 Å². The quantitative estimate of drug-likeness (QED) is 0.849. The van der Waals surface area contributed by atoms with Crippen LogP contribution in [0.4, 0.5) is 0 Å². The molecule has 1 saturated carbocycles. The van der Waals surface area contributed by atoms with Crippen molar-refractivity contribution in [2.45, 2.75) is 44.0 Å². The lowest BCUT2D eigenvalue weighted by atomic mass is 10.2. The first-order valence-electron chi connectivity index (χ1n) is 6.77. The third-order valence-electron chi connectivity index (χ3n) is 3.45. The fourth-order valence-corrected chi connectivity index (χ4v) is 4.40. The first kappa shape index (κ1) is 14.9. The zero-order valence-corrected chi connectivity index (χ0v) is 12.9. The fourth-order valence-electron chi connectivity index (χ4n) is 2.33. The topological polar surface area (TPSA) is 49.3 Å². The summed E-state index contributed by atoms with van der Waals surface area (Å²) in [7, 11) is 0. The highest BCUT2D eigenvalue weighted by Gasteiger charge is 2.17. The minimum absolute atomic E-state index is 0.0326. The second-order valence-electron chi connectivity index (χ2n) is 5.01. The number of carbonyl (C=O) groups excluding carboxylic acids is 1. The van der Waals surface area contributed by atoms with Gasteiger partial charge in [-0.1, -0.05) is 12.8 Å². The van der Waals surface area contributed by atoms with Crippen molar-refractivity contribution in [2.75, 3.05) is 12.3 Å². The molecular formula is C14H21NO2S2. The highest BCUT2D eigenvalue weighted by atomic mass is 32.2. The van der Waals surface area contributed by atoms with Gasteiger partial charge in [0.25, 0.3) is 0 Å². The van der Waals surface area contributed by atoms with Crippen molar-refractivity contribution in [3.63, 3.8) is 0 Å². The van der Waals surface area contributed by atoms with E-state index in [9.17, 15) is 9.90 Å². The Labute approximate surface area is 122 Å². The van der Waals surface area contributed by atoms with Crippen molar-refractivity contribution in [3.05, 3.63) is 21.9 Å². The van der Waals surface area contributed by atoms with Crippen molar-refractivity contribution < 1.29 is 9.90 Å². The Morgan fingerprint density at radius 2 is 2.32 bits per heavy atom. The Morgan fingerprint density at radius 1 is 1.58 bits per heavy atom. The molecule has 0 spiro atoms. The monoisotopic (exact) mass is 299 g/mol. The summed E-state index contributed by atoms with van der Waals surface area (Å²) in [6.07, 6.45) is 4.51. The van der Waals surface area contributed by atoms with Crippen LogP contribution in [-0.4, -0.2) is 28.6 Å². The predicted octanol–water partition coefficient (Wildman–Crippen LogP) is 2.88. The van der Waals surface area contributed by atoms with Gasteiger partial charge in [-0.3, -0.25) is 4.79 Å². The molecule has 19 heavy (non-hydrogen) atoms. The van der Waals surface area contributed by atoms with Gasteiger partial charge in [-0.2, -0.15) is 0 Å². The van der Waals surface area contributed by atoms with Gasteiger partial charge in [0.1, 0.15) is 6.10 Å². The van der Waals surface area contributed by atoms with Crippen molar-refractivity contribution in [2.24, 2.45) is 0 Å². The number of aryl methyl sites for hydroxylation is 1. The third-order valence-corrected chi connectivity index (χ3v) is 5.94. The Hall–Kier alpha value is -0.520. The number of amides is 1. The lowest BCUT2D eigenvalue weighted by Crippen LogP contribution is -2.30. The van der Waals surface area contributed by atoms with E-state index in [4.69, 9.17) is 0 Å². The van der Waals surface area contributed by atoms with Gasteiger partial charge < -0.3 is 10.4 Å². The molecule has 1 atom stereocenters. The molecule has 106 valence electrons. The van der Waals surface area contributed by atoms with Crippen molar-refractivity contribution in [3.8, 4) is 0 Å². The number of aliphatic hydroxyl groups is 1. The molecule has 2 N–H and O–H groups in total. The van der Waals surface area contributed by atoms with Crippen LogP contribution < -0.4 is 5.32 Å². The van der Waals surface area contributed by atoms with Crippen molar-refractivity contribution >= 4 is 29.0 Å². The number of thiophene rings is 1. The van der Waals surface area contributed by atoms with E-state index < -0.39 is 6.10 Å². The van der Waals surface area contributed by atoms with E-state index in [1.807, 2.05) is 18.4 Å². The van der Waals surface area contributed by atoms with Crippen LogP contribution in [0, 0.1) is 6.92 Å². The molecule has 0 bridgehead atoms. The normalized spacial score (nSPS) is 17.6. The average molecular weight is 299 g/mol. The predicted molar refractivity (Wildman–Crippen MR) is 81.7 cm³/mol. The largest absolute Gasteiger partial charge is 0.386 e. The Bertz CT molecular complexity index is 413.